The van der Waals surface area contributed by atoms with Crippen LogP contribution >= 0.6 is 0 Å². The summed E-state index contributed by atoms with van der Waals surface area (Å²) in [5.41, 5.74) is 3.38. The van der Waals surface area contributed by atoms with Gasteiger partial charge < -0.3 is 15.0 Å². The first-order valence-electron chi connectivity index (χ1n) is 8.75. The maximum atomic E-state index is 5.49. The van der Waals surface area contributed by atoms with E-state index in [0.29, 0.717) is 13.2 Å². The molecule has 0 saturated heterocycles. The van der Waals surface area contributed by atoms with Gasteiger partial charge in [-0.2, -0.15) is 0 Å². The first-order valence-corrected chi connectivity index (χ1v) is 8.75. The Hall–Kier alpha value is -2.56. The van der Waals surface area contributed by atoms with Gasteiger partial charge in [0.15, 0.2) is 5.96 Å². The number of hydrogen-bond donors (Lipinski definition) is 1. The third-order valence-corrected chi connectivity index (χ3v) is 3.85. The summed E-state index contributed by atoms with van der Waals surface area (Å²) in [7, 11) is 2.04. The van der Waals surface area contributed by atoms with Gasteiger partial charge in [-0.25, -0.2) is 4.99 Å². The average Bonchev–Trinajstić information content (AvgIpc) is 2.61. The molecule has 0 aliphatic carbocycles. The average molecular weight is 340 g/mol. The van der Waals surface area contributed by atoms with Crippen LogP contribution in [0.3, 0.4) is 0 Å². The second kappa shape index (κ2) is 9.67. The molecule has 2 rings (SSSR count). The van der Waals surface area contributed by atoms with Gasteiger partial charge in [-0.15, -0.1) is 0 Å². The maximum Gasteiger partial charge on any atom is 0.194 e. The molecule has 0 aliphatic heterocycles. The number of nitrogens with zero attached hydrogens (tertiary/aromatic N) is 3. The van der Waals surface area contributed by atoms with Crippen molar-refractivity contribution in [3.05, 3.63) is 59.4 Å². The standard InChI is InChI=1S/C20H28N4O/c1-5-21-20(23-14-19-16(3)8-7-13-22-19)24(4)15-17-9-11-18(12-10-17)25-6-2/h7-13H,5-6,14-15H2,1-4H3,(H,21,23). The molecule has 0 aliphatic rings. The van der Waals surface area contributed by atoms with Crippen molar-refractivity contribution in [2.45, 2.75) is 33.9 Å². The minimum Gasteiger partial charge on any atom is -0.494 e. The summed E-state index contributed by atoms with van der Waals surface area (Å²) < 4.78 is 5.49. The highest BCUT2D eigenvalue weighted by Gasteiger charge is 2.07. The molecule has 134 valence electrons. The van der Waals surface area contributed by atoms with Crippen LogP contribution in [0.25, 0.3) is 0 Å². The van der Waals surface area contributed by atoms with E-state index in [-0.39, 0.29) is 0 Å². The second-order valence-electron chi connectivity index (χ2n) is 5.87. The number of benzene rings is 1. The summed E-state index contributed by atoms with van der Waals surface area (Å²) >= 11 is 0. The van der Waals surface area contributed by atoms with Crippen LogP contribution in [-0.4, -0.2) is 36.0 Å². The van der Waals surface area contributed by atoms with Crippen molar-refractivity contribution < 1.29 is 4.74 Å². The largest absolute Gasteiger partial charge is 0.494 e. The summed E-state index contributed by atoms with van der Waals surface area (Å²) in [4.78, 5) is 11.3. The third-order valence-electron chi connectivity index (χ3n) is 3.85. The number of aryl methyl sites for hydroxylation is 1. The van der Waals surface area contributed by atoms with Crippen molar-refractivity contribution in [2.24, 2.45) is 4.99 Å². The number of ether oxygens (including phenoxy) is 1. The van der Waals surface area contributed by atoms with Crippen LogP contribution < -0.4 is 10.1 Å². The number of hydrogen-bond acceptors (Lipinski definition) is 3. The summed E-state index contributed by atoms with van der Waals surface area (Å²) in [6.07, 6.45) is 1.81. The van der Waals surface area contributed by atoms with E-state index in [1.54, 1.807) is 0 Å². The quantitative estimate of drug-likeness (QED) is 0.620. The number of rotatable bonds is 7. The fourth-order valence-electron chi connectivity index (χ4n) is 2.51. The van der Waals surface area contributed by atoms with E-state index in [2.05, 4.69) is 47.2 Å². The Morgan fingerprint density at radius 3 is 2.60 bits per heavy atom. The number of guanidine groups is 1. The lowest BCUT2D eigenvalue weighted by molar-refractivity contribution is 0.340. The Balaban J connectivity index is 2.05. The molecule has 0 fully saturated rings. The predicted molar refractivity (Wildman–Crippen MR) is 103 cm³/mol. The highest BCUT2D eigenvalue weighted by molar-refractivity contribution is 5.79. The monoisotopic (exact) mass is 340 g/mol. The van der Waals surface area contributed by atoms with Gasteiger partial charge in [0, 0.05) is 26.3 Å². The number of aliphatic imine (C=N–C) groups is 1. The summed E-state index contributed by atoms with van der Waals surface area (Å²) in [5, 5.41) is 3.35. The minimum atomic E-state index is 0.572. The summed E-state index contributed by atoms with van der Waals surface area (Å²) in [6.45, 7) is 8.99. The van der Waals surface area contributed by atoms with Crippen LogP contribution in [0.2, 0.25) is 0 Å². The lowest BCUT2D eigenvalue weighted by Gasteiger charge is -2.22. The van der Waals surface area contributed by atoms with Crippen molar-refractivity contribution in [2.75, 3.05) is 20.2 Å². The van der Waals surface area contributed by atoms with E-state index < -0.39 is 0 Å². The Bertz CT molecular complexity index is 682. The van der Waals surface area contributed by atoms with Gasteiger partial charge >= 0.3 is 0 Å². The molecule has 0 radical (unpaired) electrons. The molecule has 5 heteroatoms. The molecule has 1 aromatic heterocycles. The molecule has 0 bridgehead atoms. The molecular formula is C20H28N4O. The van der Waals surface area contributed by atoms with Crippen LogP contribution in [0.15, 0.2) is 47.6 Å². The zero-order chi connectivity index (χ0) is 18.1. The SMILES string of the molecule is CCNC(=NCc1ncccc1C)N(C)Cc1ccc(OCC)cc1. The second-order valence-corrected chi connectivity index (χ2v) is 5.87. The van der Waals surface area contributed by atoms with Gasteiger partial charge in [-0.05, 0) is 50.1 Å². The Morgan fingerprint density at radius 2 is 1.96 bits per heavy atom. The van der Waals surface area contributed by atoms with Crippen LogP contribution in [0.1, 0.15) is 30.7 Å². The molecule has 2 aromatic rings. The minimum absolute atomic E-state index is 0.572. The fraction of sp³-hybridized carbons (Fsp3) is 0.400. The summed E-state index contributed by atoms with van der Waals surface area (Å²) in [6, 6.07) is 12.2. The molecule has 5 nitrogen and oxygen atoms in total. The fourth-order valence-corrected chi connectivity index (χ4v) is 2.51. The van der Waals surface area contributed by atoms with Crippen molar-refractivity contribution in [1.82, 2.24) is 15.2 Å². The van der Waals surface area contributed by atoms with Crippen molar-refractivity contribution in [3.8, 4) is 5.75 Å². The Kier molecular flexibility index (Phi) is 7.26. The van der Waals surface area contributed by atoms with Crippen molar-refractivity contribution in [1.29, 1.82) is 0 Å². The number of nitrogens with one attached hydrogen (secondary N) is 1. The molecule has 1 N–H and O–H groups in total. The van der Waals surface area contributed by atoms with Crippen LogP contribution in [0.4, 0.5) is 0 Å². The zero-order valence-electron chi connectivity index (χ0n) is 15.6. The molecule has 0 saturated carbocycles. The lowest BCUT2D eigenvalue weighted by atomic mass is 10.2. The highest BCUT2D eigenvalue weighted by Crippen LogP contribution is 2.13. The summed E-state index contributed by atoms with van der Waals surface area (Å²) in [5.74, 6) is 1.78. The molecule has 0 atom stereocenters. The highest BCUT2D eigenvalue weighted by atomic mass is 16.5. The van der Waals surface area contributed by atoms with Crippen molar-refractivity contribution >= 4 is 5.96 Å². The number of aromatic nitrogens is 1. The molecule has 0 amide bonds. The molecular weight excluding hydrogens is 312 g/mol. The Labute approximate surface area is 150 Å². The van der Waals surface area contributed by atoms with E-state index in [0.717, 1.165) is 36.1 Å². The first-order chi connectivity index (χ1) is 12.1. The first kappa shape index (κ1) is 18.8. The molecule has 1 aromatic carbocycles. The molecule has 0 unspecified atom stereocenters. The Morgan fingerprint density at radius 1 is 1.20 bits per heavy atom. The maximum absolute atomic E-state index is 5.49. The third kappa shape index (κ3) is 5.78. The zero-order valence-corrected chi connectivity index (χ0v) is 15.6. The van der Waals surface area contributed by atoms with Gasteiger partial charge in [0.2, 0.25) is 0 Å². The number of pyridine rings is 1. The van der Waals surface area contributed by atoms with Crippen molar-refractivity contribution in [3.63, 3.8) is 0 Å². The van der Waals surface area contributed by atoms with E-state index in [9.17, 15) is 0 Å². The topological polar surface area (TPSA) is 49.8 Å². The van der Waals surface area contributed by atoms with Crippen LogP contribution in [-0.2, 0) is 13.1 Å². The predicted octanol–water partition coefficient (Wildman–Crippen LogP) is 3.39. The molecule has 1 heterocycles. The smallest absolute Gasteiger partial charge is 0.194 e. The van der Waals surface area contributed by atoms with E-state index in [1.807, 2.05) is 38.4 Å². The lowest BCUT2D eigenvalue weighted by Crippen LogP contribution is -2.38. The van der Waals surface area contributed by atoms with Gasteiger partial charge in [0.05, 0.1) is 18.8 Å². The van der Waals surface area contributed by atoms with E-state index >= 15 is 0 Å². The van der Waals surface area contributed by atoms with Crippen LogP contribution in [0.5, 0.6) is 5.75 Å². The van der Waals surface area contributed by atoms with Crippen LogP contribution in [0, 0.1) is 6.92 Å². The van der Waals surface area contributed by atoms with E-state index in [1.165, 1.54) is 5.56 Å². The van der Waals surface area contributed by atoms with Gasteiger partial charge in [0.25, 0.3) is 0 Å². The molecule has 25 heavy (non-hydrogen) atoms. The van der Waals surface area contributed by atoms with Gasteiger partial charge in [-0.1, -0.05) is 18.2 Å². The van der Waals surface area contributed by atoms with Gasteiger partial charge in [0.1, 0.15) is 5.75 Å². The molecule has 0 spiro atoms. The normalized spacial score (nSPS) is 11.3. The van der Waals surface area contributed by atoms with E-state index in [4.69, 9.17) is 9.73 Å². The van der Waals surface area contributed by atoms with Gasteiger partial charge in [-0.3, -0.25) is 4.98 Å².